The summed E-state index contributed by atoms with van der Waals surface area (Å²) in [4.78, 5) is 12.6. The summed E-state index contributed by atoms with van der Waals surface area (Å²) in [6.07, 6.45) is -3.06. The minimum Gasteiger partial charge on any atom is -0.311 e. The molecule has 0 aliphatic carbocycles. The van der Waals surface area contributed by atoms with Crippen LogP contribution in [-0.2, 0) is 9.05 Å². The molecule has 0 saturated carbocycles. The van der Waals surface area contributed by atoms with E-state index in [-0.39, 0.29) is 0 Å². The quantitative estimate of drug-likeness (QED) is 0.840. The molecule has 0 bridgehead atoms. The van der Waals surface area contributed by atoms with Gasteiger partial charge >= 0.3 is 0 Å². The molecule has 0 spiro atoms. The van der Waals surface area contributed by atoms with Crippen LogP contribution in [0, 0.1) is 0 Å². The third-order valence-corrected chi connectivity index (χ3v) is 3.23. The van der Waals surface area contributed by atoms with Gasteiger partial charge < -0.3 is 4.98 Å². The number of alkyl halides is 2. The van der Waals surface area contributed by atoms with Crippen LogP contribution in [0.5, 0.6) is 0 Å². The molecular formula is C6H3Cl2F2NO3S. The van der Waals surface area contributed by atoms with E-state index in [4.69, 9.17) is 22.3 Å². The topological polar surface area (TPSA) is 67.0 Å². The Hall–Kier alpha value is -0.660. The Labute approximate surface area is 92.2 Å². The van der Waals surface area contributed by atoms with Gasteiger partial charge in [-0.05, 0) is 0 Å². The van der Waals surface area contributed by atoms with E-state index in [1.54, 1.807) is 4.98 Å². The summed E-state index contributed by atoms with van der Waals surface area (Å²) >= 11 is 5.35. The molecule has 0 unspecified atom stereocenters. The molecule has 15 heavy (non-hydrogen) atoms. The fourth-order valence-electron chi connectivity index (χ4n) is 0.865. The van der Waals surface area contributed by atoms with Crippen LogP contribution in [0.1, 0.15) is 12.0 Å². The fourth-order valence-corrected chi connectivity index (χ4v) is 2.37. The van der Waals surface area contributed by atoms with Crippen molar-refractivity contribution >= 4 is 31.3 Å². The number of nitrogens with one attached hydrogen (secondary N) is 1. The highest BCUT2D eigenvalue weighted by Crippen LogP contribution is 2.30. The first-order valence-corrected chi connectivity index (χ1v) is 6.07. The lowest BCUT2D eigenvalue weighted by Crippen LogP contribution is -2.12. The van der Waals surface area contributed by atoms with Gasteiger partial charge in [0, 0.05) is 22.3 Å². The number of pyridine rings is 1. The molecule has 0 aliphatic rings. The average molecular weight is 278 g/mol. The van der Waals surface area contributed by atoms with Gasteiger partial charge in [0.2, 0.25) is 5.56 Å². The number of hydrogen-bond acceptors (Lipinski definition) is 3. The lowest BCUT2D eigenvalue weighted by Gasteiger charge is -2.05. The van der Waals surface area contributed by atoms with Gasteiger partial charge in [0.05, 0.1) is 5.02 Å². The molecule has 1 N–H and O–H groups in total. The molecule has 0 radical (unpaired) electrons. The maximum Gasteiger partial charge on any atom is 0.278 e. The zero-order valence-corrected chi connectivity index (χ0v) is 9.13. The molecule has 0 fully saturated rings. The van der Waals surface area contributed by atoms with Crippen LogP contribution < -0.4 is 5.56 Å². The van der Waals surface area contributed by atoms with Crippen molar-refractivity contribution in [2.75, 3.05) is 0 Å². The van der Waals surface area contributed by atoms with Crippen molar-refractivity contribution in [2.45, 2.75) is 11.5 Å². The van der Waals surface area contributed by atoms with E-state index >= 15 is 0 Å². The van der Waals surface area contributed by atoms with Gasteiger partial charge in [0.1, 0.15) is 0 Å². The minimum atomic E-state index is -4.36. The maximum atomic E-state index is 12.3. The number of aromatic nitrogens is 1. The Morgan fingerprint density at radius 2 is 1.93 bits per heavy atom. The van der Waals surface area contributed by atoms with Crippen molar-refractivity contribution in [3.63, 3.8) is 0 Å². The van der Waals surface area contributed by atoms with Crippen LogP contribution in [0.15, 0.2) is 15.9 Å². The SMILES string of the molecule is O=c1cc(C(F)F)c(Cl)c(S(=O)(=O)Cl)[nH]1. The largest absolute Gasteiger partial charge is 0.311 e. The normalized spacial score (nSPS) is 12.1. The van der Waals surface area contributed by atoms with Gasteiger partial charge in [-0.3, -0.25) is 4.79 Å². The van der Waals surface area contributed by atoms with E-state index in [9.17, 15) is 22.0 Å². The predicted octanol–water partition coefficient (Wildman–Crippen LogP) is 1.89. The van der Waals surface area contributed by atoms with Gasteiger partial charge in [-0.25, -0.2) is 17.2 Å². The summed E-state index contributed by atoms with van der Waals surface area (Å²) in [6, 6.07) is 0.512. The molecule has 0 saturated heterocycles. The number of rotatable bonds is 2. The first-order chi connectivity index (χ1) is 6.73. The lowest BCUT2D eigenvalue weighted by molar-refractivity contribution is 0.151. The molecular weight excluding hydrogens is 275 g/mol. The van der Waals surface area contributed by atoms with Crippen molar-refractivity contribution in [3.05, 3.63) is 27.0 Å². The van der Waals surface area contributed by atoms with E-state index in [1.165, 1.54) is 0 Å². The first-order valence-electron chi connectivity index (χ1n) is 3.39. The van der Waals surface area contributed by atoms with Gasteiger partial charge in [-0.15, -0.1) is 0 Å². The van der Waals surface area contributed by atoms with Crippen molar-refractivity contribution < 1.29 is 17.2 Å². The Kier molecular flexibility index (Phi) is 3.37. The van der Waals surface area contributed by atoms with Crippen LogP contribution >= 0.6 is 22.3 Å². The molecule has 0 atom stereocenters. The van der Waals surface area contributed by atoms with E-state index in [2.05, 4.69) is 0 Å². The summed E-state index contributed by atoms with van der Waals surface area (Å²) in [5.41, 5.74) is -1.89. The maximum absolute atomic E-state index is 12.3. The zero-order valence-electron chi connectivity index (χ0n) is 6.80. The summed E-state index contributed by atoms with van der Waals surface area (Å²) in [5, 5.41) is -1.70. The van der Waals surface area contributed by atoms with E-state index in [0.717, 1.165) is 0 Å². The first kappa shape index (κ1) is 12.4. The molecule has 0 aromatic carbocycles. The molecule has 9 heteroatoms. The molecule has 0 amide bonds. The minimum absolute atomic E-state index is 0.512. The van der Waals surface area contributed by atoms with Gasteiger partial charge in [0.25, 0.3) is 15.5 Å². The third-order valence-electron chi connectivity index (χ3n) is 1.46. The molecule has 4 nitrogen and oxygen atoms in total. The number of H-pyrrole nitrogens is 1. The average Bonchev–Trinajstić information content (AvgIpc) is 2.06. The molecule has 1 aromatic rings. The molecule has 1 heterocycles. The lowest BCUT2D eigenvalue weighted by atomic mass is 10.3. The van der Waals surface area contributed by atoms with E-state index in [0.29, 0.717) is 6.07 Å². The van der Waals surface area contributed by atoms with E-state index < -0.39 is 36.6 Å². The Morgan fingerprint density at radius 1 is 1.40 bits per heavy atom. The fraction of sp³-hybridized carbons (Fsp3) is 0.167. The summed E-state index contributed by atoms with van der Waals surface area (Å²) in [5.74, 6) is 0. The van der Waals surface area contributed by atoms with Crippen LogP contribution in [-0.4, -0.2) is 13.4 Å². The number of aromatic amines is 1. The summed E-state index contributed by atoms with van der Waals surface area (Å²) < 4.78 is 46.3. The number of hydrogen-bond donors (Lipinski definition) is 1. The molecule has 1 aromatic heterocycles. The monoisotopic (exact) mass is 277 g/mol. The summed E-state index contributed by atoms with van der Waals surface area (Å²) in [7, 11) is 0.525. The Bertz CT molecular complexity index is 540. The van der Waals surface area contributed by atoms with Crippen molar-refractivity contribution in [3.8, 4) is 0 Å². The van der Waals surface area contributed by atoms with Crippen LogP contribution in [0.2, 0.25) is 5.02 Å². The summed E-state index contributed by atoms with van der Waals surface area (Å²) in [6.45, 7) is 0. The predicted molar refractivity (Wildman–Crippen MR) is 50.1 cm³/mol. The van der Waals surface area contributed by atoms with Crippen molar-refractivity contribution in [2.24, 2.45) is 0 Å². The Morgan fingerprint density at radius 3 is 2.33 bits per heavy atom. The highest BCUT2D eigenvalue weighted by atomic mass is 35.7. The van der Waals surface area contributed by atoms with Gasteiger partial charge in [-0.1, -0.05) is 11.6 Å². The second kappa shape index (κ2) is 4.07. The van der Waals surface area contributed by atoms with Gasteiger partial charge in [-0.2, -0.15) is 0 Å². The van der Waals surface area contributed by atoms with Crippen molar-refractivity contribution in [1.29, 1.82) is 0 Å². The van der Waals surface area contributed by atoms with Crippen LogP contribution in [0.3, 0.4) is 0 Å². The molecule has 84 valence electrons. The third kappa shape index (κ3) is 2.67. The number of halogens is 4. The van der Waals surface area contributed by atoms with E-state index in [1.807, 2.05) is 0 Å². The molecule has 0 aliphatic heterocycles. The smallest absolute Gasteiger partial charge is 0.278 e. The zero-order chi connectivity index (χ0) is 11.8. The molecule has 1 rings (SSSR count). The second-order valence-corrected chi connectivity index (χ2v) is 5.35. The highest BCUT2D eigenvalue weighted by molar-refractivity contribution is 8.13. The highest BCUT2D eigenvalue weighted by Gasteiger charge is 2.23. The standard InChI is InChI=1S/C6H3Cl2F2NO3S/c7-4-2(5(9)10)1-3(12)11-6(4)15(8,13)14/h1,5H,(H,11,12). The Balaban J connectivity index is 3.64. The van der Waals surface area contributed by atoms with Crippen molar-refractivity contribution in [1.82, 2.24) is 4.98 Å². The second-order valence-electron chi connectivity index (χ2n) is 2.47. The van der Waals surface area contributed by atoms with Crippen LogP contribution in [0.25, 0.3) is 0 Å². The van der Waals surface area contributed by atoms with Crippen LogP contribution in [0.4, 0.5) is 8.78 Å². The van der Waals surface area contributed by atoms with Gasteiger partial charge in [0.15, 0.2) is 5.03 Å².